The molecule has 3 N–H and O–H groups in total. The molecule has 0 radical (unpaired) electrons. The maximum Gasteiger partial charge on any atom is 0.237 e. The summed E-state index contributed by atoms with van der Waals surface area (Å²) in [4.78, 5) is 13.5. The summed E-state index contributed by atoms with van der Waals surface area (Å²) in [7, 11) is 0. The minimum absolute atomic E-state index is 0.0692. The third-order valence-electron chi connectivity index (χ3n) is 2.66. The first kappa shape index (κ1) is 12.4. The van der Waals surface area contributed by atoms with E-state index in [9.17, 15) is 4.79 Å². The molecule has 5 nitrogen and oxygen atoms in total. The molecule has 1 amide bonds. The van der Waals surface area contributed by atoms with Crippen LogP contribution in [-0.2, 0) is 9.53 Å². The van der Waals surface area contributed by atoms with E-state index in [2.05, 4.69) is 17.2 Å². The van der Waals surface area contributed by atoms with Gasteiger partial charge in [-0.25, -0.2) is 5.84 Å². The number of hydrazine groups is 1. The van der Waals surface area contributed by atoms with Crippen molar-refractivity contribution in [3.05, 3.63) is 0 Å². The van der Waals surface area contributed by atoms with Gasteiger partial charge in [0, 0.05) is 32.2 Å². The average Bonchev–Trinajstić information content (AvgIpc) is 2.41. The minimum Gasteiger partial charge on any atom is -0.377 e. The molecule has 0 spiro atoms. The van der Waals surface area contributed by atoms with Crippen LogP contribution >= 0.6 is 0 Å². The minimum atomic E-state index is -0.104. The number of nitrogens with one attached hydrogen (secondary N) is 1. The molecule has 0 aromatic carbocycles. The van der Waals surface area contributed by atoms with E-state index < -0.39 is 0 Å². The van der Waals surface area contributed by atoms with Crippen LogP contribution in [0.4, 0.5) is 0 Å². The Kier molecular flexibility index (Phi) is 5.01. The number of hydrogen-bond acceptors (Lipinski definition) is 4. The van der Waals surface area contributed by atoms with Gasteiger partial charge in [0.2, 0.25) is 5.91 Å². The van der Waals surface area contributed by atoms with E-state index in [1.54, 1.807) is 0 Å². The van der Waals surface area contributed by atoms with Crippen LogP contribution in [0.2, 0.25) is 0 Å². The predicted molar refractivity (Wildman–Crippen MR) is 58.0 cm³/mol. The molecule has 88 valence electrons. The van der Waals surface area contributed by atoms with Crippen molar-refractivity contribution in [3.8, 4) is 0 Å². The SMILES string of the molecule is CC1CN(CC(C)C(=O)NN)CCCO1. The fourth-order valence-corrected chi connectivity index (χ4v) is 1.86. The summed E-state index contributed by atoms with van der Waals surface area (Å²) in [6.45, 7) is 7.39. The van der Waals surface area contributed by atoms with Crippen molar-refractivity contribution in [2.75, 3.05) is 26.2 Å². The molecule has 1 saturated heterocycles. The molecule has 0 aliphatic carbocycles. The first-order chi connectivity index (χ1) is 7.13. The monoisotopic (exact) mass is 215 g/mol. The Morgan fingerprint density at radius 3 is 3.13 bits per heavy atom. The molecule has 0 aromatic rings. The first-order valence-corrected chi connectivity index (χ1v) is 5.48. The molecular formula is C10H21N3O2. The van der Waals surface area contributed by atoms with Gasteiger partial charge in [-0.3, -0.25) is 15.1 Å². The third-order valence-corrected chi connectivity index (χ3v) is 2.66. The van der Waals surface area contributed by atoms with Crippen LogP contribution in [0.15, 0.2) is 0 Å². The van der Waals surface area contributed by atoms with Gasteiger partial charge in [0.25, 0.3) is 0 Å². The fraction of sp³-hybridized carbons (Fsp3) is 0.900. The van der Waals surface area contributed by atoms with E-state index in [0.29, 0.717) is 0 Å². The van der Waals surface area contributed by atoms with Gasteiger partial charge < -0.3 is 4.74 Å². The van der Waals surface area contributed by atoms with Gasteiger partial charge in [-0.05, 0) is 13.3 Å². The second kappa shape index (κ2) is 6.05. The maximum absolute atomic E-state index is 11.3. The number of ether oxygens (including phenoxy) is 1. The number of carbonyl (C=O) groups is 1. The molecule has 5 heteroatoms. The van der Waals surface area contributed by atoms with Crippen LogP contribution in [0.25, 0.3) is 0 Å². The highest BCUT2D eigenvalue weighted by Crippen LogP contribution is 2.08. The van der Waals surface area contributed by atoms with Crippen LogP contribution < -0.4 is 11.3 Å². The van der Waals surface area contributed by atoms with Gasteiger partial charge in [-0.1, -0.05) is 6.92 Å². The average molecular weight is 215 g/mol. The van der Waals surface area contributed by atoms with Gasteiger partial charge in [0.05, 0.1) is 6.10 Å². The zero-order chi connectivity index (χ0) is 11.3. The summed E-state index contributed by atoms with van der Waals surface area (Å²) < 4.78 is 5.53. The number of hydrogen-bond donors (Lipinski definition) is 2. The van der Waals surface area contributed by atoms with Crippen LogP contribution in [0, 0.1) is 5.92 Å². The molecule has 0 aromatic heterocycles. The lowest BCUT2D eigenvalue weighted by atomic mass is 10.1. The number of nitrogens with two attached hydrogens (primary N) is 1. The molecule has 0 saturated carbocycles. The molecular weight excluding hydrogens is 194 g/mol. The Labute approximate surface area is 90.9 Å². The Balaban J connectivity index is 2.38. The van der Waals surface area contributed by atoms with Crippen molar-refractivity contribution in [3.63, 3.8) is 0 Å². The highest BCUT2D eigenvalue weighted by molar-refractivity contribution is 5.77. The van der Waals surface area contributed by atoms with E-state index in [4.69, 9.17) is 10.6 Å². The second-order valence-electron chi connectivity index (χ2n) is 4.20. The summed E-state index contributed by atoms with van der Waals surface area (Å²) in [5.74, 6) is 4.92. The van der Waals surface area contributed by atoms with Crippen molar-refractivity contribution in [2.45, 2.75) is 26.4 Å². The van der Waals surface area contributed by atoms with Crippen LogP contribution in [0.5, 0.6) is 0 Å². The predicted octanol–water partition coefficient (Wildman–Crippen LogP) is -0.277. The summed E-state index contributed by atoms with van der Waals surface area (Å²) in [5, 5.41) is 0. The van der Waals surface area contributed by atoms with Crippen LogP contribution in [0.1, 0.15) is 20.3 Å². The normalized spacial score (nSPS) is 25.7. The summed E-state index contributed by atoms with van der Waals surface area (Å²) in [5.41, 5.74) is 2.18. The first-order valence-electron chi connectivity index (χ1n) is 5.48. The largest absolute Gasteiger partial charge is 0.377 e. The number of carbonyl (C=O) groups excluding carboxylic acids is 1. The Morgan fingerprint density at radius 2 is 2.47 bits per heavy atom. The van der Waals surface area contributed by atoms with Crippen LogP contribution in [0.3, 0.4) is 0 Å². The van der Waals surface area contributed by atoms with E-state index in [1.165, 1.54) is 0 Å². The summed E-state index contributed by atoms with van der Waals surface area (Å²) in [6, 6.07) is 0. The smallest absolute Gasteiger partial charge is 0.237 e. The van der Waals surface area contributed by atoms with E-state index in [1.807, 2.05) is 6.92 Å². The van der Waals surface area contributed by atoms with Crippen molar-refractivity contribution in [1.29, 1.82) is 0 Å². The standard InChI is InChI=1S/C10H21N3O2/c1-8(10(14)12-11)6-13-4-3-5-15-9(2)7-13/h8-9H,3-7,11H2,1-2H3,(H,12,14). The van der Waals surface area contributed by atoms with E-state index in [0.717, 1.165) is 32.7 Å². The molecule has 2 unspecified atom stereocenters. The molecule has 1 fully saturated rings. The van der Waals surface area contributed by atoms with Gasteiger partial charge in [-0.2, -0.15) is 0 Å². The van der Waals surface area contributed by atoms with Crippen LogP contribution in [-0.4, -0.2) is 43.2 Å². The van der Waals surface area contributed by atoms with Crippen molar-refractivity contribution < 1.29 is 9.53 Å². The van der Waals surface area contributed by atoms with Gasteiger partial charge in [0.15, 0.2) is 0 Å². The number of nitrogens with zero attached hydrogens (tertiary/aromatic N) is 1. The highest BCUT2D eigenvalue weighted by Gasteiger charge is 2.19. The lowest BCUT2D eigenvalue weighted by Crippen LogP contribution is -2.42. The summed E-state index contributed by atoms with van der Waals surface area (Å²) in [6.07, 6.45) is 1.28. The Bertz CT molecular complexity index is 211. The Morgan fingerprint density at radius 1 is 1.73 bits per heavy atom. The lowest BCUT2D eigenvalue weighted by molar-refractivity contribution is -0.125. The number of amides is 1. The molecule has 1 aliphatic heterocycles. The lowest BCUT2D eigenvalue weighted by Gasteiger charge is -2.24. The summed E-state index contributed by atoms with van der Waals surface area (Å²) >= 11 is 0. The van der Waals surface area contributed by atoms with Crippen molar-refractivity contribution >= 4 is 5.91 Å². The number of rotatable bonds is 3. The fourth-order valence-electron chi connectivity index (χ4n) is 1.86. The topological polar surface area (TPSA) is 67.6 Å². The van der Waals surface area contributed by atoms with Crippen molar-refractivity contribution in [2.24, 2.45) is 11.8 Å². The quantitative estimate of drug-likeness (QED) is 0.386. The van der Waals surface area contributed by atoms with E-state index in [-0.39, 0.29) is 17.9 Å². The van der Waals surface area contributed by atoms with Crippen molar-refractivity contribution in [1.82, 2.24) is 10.3 Å². The molecule has 2 atom stereocenters. The van der Waals surface area contributed by atoms with E-state index >= 15 is 0 Å². The van der Waals surface area contributed by atoms with Gasteiger partial charge in [0.1, 0.15) is 0 Å². The zero-order valence-corrected chi connectivity index (χ0v) is 9.53. The molecule has 1 aliphatic rings. The van der Waals surface area contributed by atoms with Gasteiger partial charge in [-0.15, -0.1) is 0 Å². The molecule has 0 bridgehead atoms. The second-order valence-corrected chi connectivity index (χ2v) is 4.20. The van der Waals surface area contributed by atoms with Gasteiger partial charge >= 0.3 is 0 Å². The molecule has 1 heterocycles. The maximum atomic E-state index is 11.3. The zero-order valence-electron chi connectivity index (χ0n) is 9.53. The highest BCUT2D eigenvalue weighted by atomic mass is 16.5. The third kappa shape index (κ3) is 4.15. The molecule has 15 heavy (non-hydrogen) atoms. The molecule has 1 rings (SSSR count). The Hall–Kier alpha value is -0.650.